The Kier molecular flexibility index (Phi) is 21.4. The molecule has 322 valence electrons. The van der Waals surface area contributed by atoms with Gasteiger partial charge >= 0.3 is 0 Å². The highest BCUT2D eigenvalue weighted by Gasteiger charge is 2.41. The van der Waals surface area contributed by atoms with Crippen molar-refractivity contribution in [3.63, 3.8) is 0 Å². The second-order valence-electron chi connectivity index (χ2n) is 17.4. The first-order valence-corrected chi connectivity index (χ1v) is 25.1. The minimum atomic E-state index is -1.83. The van der Waals surface area contributed by atoms with Crippen LogP contribution in [0.4, 0.5) is 0 Å². The second kappa shape index (κ2) is 26.1. The smallest absolute Gasteiger partial charge is 0.146 e. The van der Waals surface area contributed by atoms with Crippen molar-refractivity contribution < 1.29 is 5.11 Å². The minimum Gasteiger partial charge on any atom is -0.378 e. The van der Waals surface area contributed by atoms with Gasteiger partial charge in [0.2, 0.25) is 0 Å². The van der Waals surface area contributed by atoms with E-state index in [1.807, 2.05) is 48.8 Å². The van der Waals surface area contributed by atoms with Gasteiger partial charge in [-0.25, -0.2) is 15.0 Å². The zero-order valence-electron chi connectivity index (χ0n) is 39.8. The lowest BCUT2D eigenvalue weighted by molar-refractivity contribution is 0.143. The fourth-order valence-corrected chi connectivity index (χ4v) is 12.6. The van der Waals surface area contributed by atoms with Crippen molar-refractivity contribution in [2.24, 2.45) is 0 Å². The zero-order valence-corrected chi connectivity index (χ0v) is 40.8. The van der Waals surface area contributed by atoms with Gasteiger partial charge in [0, 0.05) is 57.6 Å². The van der Waals surface area contributed by atoms with Crippen molar-refractivity contribution in [3.8, 4) is 70.7 Å². The first-order chi connectivity index (χ1) is 29.6. The molecule has 0 fully saturated rings. The molecule has 3 aromatic rings. The van der Waals surface area contributed by atoms with Crippen LogP contribution in [0, 0.1) is 70.7 Å². The average Bonchev–Trinajstić information content (AvgIpc) is 3.24. The van der Waals surface area contributed by atoms with Crippen LogP contribution in [0.3, 0.4) is 0 Å². The fraction of sp³-hybridized carbons (Fsp3) is 0.456. The molecule has 0 aliphatic heterocycles. The molecule has 62 heavy (non-hydrogen) atoms. The van der Waals surface area contributed by atoms with E-state index in [-0.39, 0.29) is 0 Å². The largest absolute Gasteiger partial charge is 0.378 e. The number of aliphatic hydroxyl groups is 1. The third kappa shape index (κ3) is 16.7. The van der Waals surface area contributed by atoms with Crippen LogP contribution in [0.1, 0.15) is 181 Å². The van der Waals surface area contributed by atoms with Gasteiger partial charge in [-0.2, -0.15) is 0 Å². The molecule has 4 nitrogen and oxygen atoms in total. The summed E-state index contributed by atoms with van der Waals surface area (Å²) in [7, 11) is -1.83. The highest BCUT2D eigenvalue weighted by atomic mass is 28.3. The molecule has 0 amide bonds. The molecular weight excluding hydrogens is 771 g/mol. The van der Waals surface area contributed by atoms with Gasteiger partial charge in [0.1, 0.15) is 30.8 Å². The first-order valence-electron chi connectivity index (χ1n) is 22.8. The molecule has 0 aromatic carbocycles. The van der Waals surface area contributed by atoms with E-state index in [0.717, 1.165) is 109 Å². The maximum Gasteiger partial charge on any atom is 0.146 e. The predicted molar refractivity (Wildman–Crippen MR) is 264 cm³/mol. The summed E-state index contributed by atoms with van der Waals surface area (Å²) in [5.41, 5.74) is 13.4. The Morgan fingerprint density at radius 2 is 0.855 bits per heavy atom. The Hall–Kier alpha value is -5.53. The fourth-order valence-electron chi connectivity index (χ4n) is 7.39. The number of aromatic nitrogens is 3. The number of pyridine rings is 3. The monoisotopic (exact) mass is 840 g/mol. The molecular formula is C57H69N3OSi. The van der Waals surface area contributed by atoms with Crippen LogP contribution >= 0.6 is 0 Å². The maximum absolute atomic E-state index is 9.91. The summed E-state index contributed by atoms with van der Waals surface area (Å²) in [4.78, 5) is 13.9. The number of allylic oxidation sites excluding steroid dienone is 4. The molecule has 3 rings (SSSR count). The molecule has 0 bridgehead atoms. The highest BCUT2D eigenvalue weighted by molar-refractivity contribution is 6.90. The Morgan fingerprint density at radius 3 is 1.18 bits per heavy atom. The highest BCUT2D eigenvalue weighted by Crippen LogP contribution is 2.40. The van der Waals surface area contributed by atoms with Crippen LogP contribution in [0.15, 0.2) is 77.3 Å². The molecule has 1 N–H and O–H groups in total. The lowest BCUT2D eigenvalue weighted by Crippen LogP contribution is -2.43. The quantitative estimate of drug-likeness (QED) is 0.138. The van der Waals surface area contributed by atoms with E-state index in [1.54, 1.807) is 20.0 Å². The second-order valence-corrected chi connectivity index (χ2v) is 23.0. The Morgan fingerprint density at radius 1 is 0.500 bits per heavy atom. The van der Waals surface area contributed by atoms with Crippen LogP contribution in [0.25, 0.3) is 0 Å². The van der Waals surface area contributed by atoms with E-state index < -0.39 is 13.7 Å². The molecule has 0 saturated carbocycles. The van der Waals surface area contributed by atoms with Crippen molar-refractivity contribution in [2.45, 2.75) is 170 Å². The molecule has 0 saturated heterocycles. The van der Waals surface area contributed by atoms with E-state index in [4.69, 9.17) is 9.97 Å². The molecule has 3 heterocycles. The third-order valence-electron chi connectivity index (χ3n) is 10.8. The van der Waals surface area contributed by atoms with Crippen molar-refractivity contribution in [1.82, 2.24) is 15.0 Å². The summed E-state index contributed by atoms with van der Waals surface area (Å²) in [6, 6.07) is 11.8. The van der Waals surface area contributed by atoms with Crippen molar-refractivity contribution in [3.05, 3.63) is 111 Å². The lowest BCUT2D eigenvalue weighted by atomic mass is 9.98. The van der Waals surface area contributed by atoms with Gasteiger partial charge in [0.15, 0.2) is 0 Å². The summed E-state index contributed by atoms with van der Waals surface area (Å²) < 4.78 is 0. The topological polar surface area (TPSA) is 58.9 Å². The summed E-state index contributed by atoms with van der Waals surface area (Å²) >= 11 is 0. The van der Waals surface area contributed by atoms with Gasteiger partial charge in [0.25, 0.3) is 0 Å². The van der Waals surface area contributed by atoms with Gasteiger partial charge in [-0.15, -0.1) is 5.54 Å². The summed E-state index contributed by atoms with van der Waals surface area (Å²) in [5.74, 6) is 36.4. The minimum absolute atomic E-state index is 0.579. The maximum atomic E-state index is 9.91. The molecule has 3 aromatic heterocycles. The molecule has 0 atom stereocenters. The molecule has 0 aliphatic carbocycles. The summed E-state index contributed by atoms with van der Waals surface area (Å²) in [6.07, 6.45) is 15.0. The molecule has 5 heteroatoms. The van der Waals surface area contributed by atoms with Gasteiger partial charge in [-0.05, 0) is 117 Å². The van der Waals surface area contributed by atoms with Crippen molar-refractivity contribution >= 4 is 8.07 Å². The van der Waals surface area contributed by atoms with Crippen molar-refractivity contribution in [2.75, 3.05) is 0 Å². The van der Waals surface area contributed by atoms with Crippen LogP contribution in [0.2, 0.25) is 16.6 Å². The Balaban J connectivity index is 1.91. The van der Waals surface area contributed by atoms with E-state index in [2.05, 4.69) is 145 Å². The predicted octanol–water partition coefficient (Wildman–Crippen LogP) is 12.9. The van der Waals surface area contributed by atoms with Gasteiger partial charge in [0.05, 0.1) is 0 Å². The van der Waals surface area contributed by atoms with Crippen molar-refractivity contribution in [1.29, 1.82) is 0 Å². The molecule has 0 unspecified atom stereocenters. The molecule has 0 radical (unpaired) electrons. The van der Waals surface area contributed by atoms with E-state index in [0.29, 0.717) is 28.0 Å². The average molecular weight is 840 g/mol. The molecule has 0 aliphatic rings. The third-order valence-corrected chi connectivity index (χ3v) is 17.1. The van der Waals surface area contributed by atoms with Gasteiger partial charge in [-0.1, -0.05) is 148 Å². The number of hydrogen-bond donors (Lipinski definition) is 1. The van der Waals surface area contributed by atoms with Gasteiger partial charge < -0.3 is 5.11 Å². The van der Waals surface area contributed by atoms with E-state index in [1.165, 1.54) is 0 Å². The van der Waals surface area contributed by atoms with Gasteiger partial charge in [-0.3, -0.25) is 0 Å². The summed E-state index contributed by atoms with van der Waals surface area (Å²) in [5, 5.41) is 9.91. The Bertz CT molecular complexity index is 2350. The van der Waals surface area contributed by atoms with Crippen LogP contribution in [0.5, 0.6) is 0 Å². The van der Waals surface area contributed by atoms with Crippen LogP contribution < -0.4 is 0 Å². The van der Waals surface area contributed by atoms with Crippen LogP contribution in [-0.2, 0) is 0 Å². The van der Waals surface area contributed by atoms with E-state index in [9.17, 15) is 5.11 Å². The number of hydrogen-bond acceptors (Lipinski definition) is 4. The standard InChI is InChI=1S/C57H69N3OSi/c1-13-17-21-52(51(20-16-4)29-24-48-26-34-56(60-42-48)38-40-62(44(5)6,45(7)8)46(9)10)30-35-54-32-25-47(41-58-54)23-28-50(19-15-3)53(22-18-14-2)31-36-55-33-27-49(43-59-55)37-39-57(11,12)61/h25-27,32-34,41-46,61H,13-22H2,1-12H3/b52-51+,53-50+. The summed E-state index contributed by atoms with van der Waals surface area (Å²) in [6.45, 7) is 26.1. The zero-order chi connectivity index (χ0) is 45.5. The lowest BCUT2D eigenvalue weighted by Gasteiger charge is -2.38. The SMILES string of the molecule is CCCC/C(C#Cc1ccc(C#C/C(CCC)=C(/C#Cc2ccc(C#CC(C)(C)O)cn2)CCCC)cn1)=C(\C#Cc1ccc(C#C[Si](C(C)C)(C(C)C)C(C)C)nc1)CCC. The first kappa shape index (κ1) is 50.8. The van der Waals surface area contributed by atoms with Crippen LogP contribution in [-0.4, -0.2) is 33.7 Å². The number of unbranched alkanes of at least 4 members (excludes halogenated alkanes) is 2. The van der Waals surface area contributed by atoms with E-state index >= 15 is 0 Å². The molecule has 0 spiro atoms. The number of rotatable bonds is 13. The number of nitrogens with zero attached hydrogens (tertiary/aromatic N) is 3. The normalized spacial score (nSPS) is 11.8. The Labute approximate surface area is 377 Å².